The topological polar surface area (TPSA) is 138 Å². The highest BCUT2D eigenvalue weighted by molar-refractivity contribution is 14.1. The lowest BCUT2D eigenvalue weighted by molar-refractivity contribution is -0.383. The summed E-state index contributed by atoms with van der Waals surface area (Å²) in [5.74, 6) is -0.321. The largest absolute Gasteiger partial charge is 0.336 e. The van der Waals surface area contributed by atoms with Gasteiger partial charge in [-0.25, -0.2) is 13.4 Å². The second-order valence-corrected chi connectivity index (χ2v) is 12.6. The van der Waals surface area contributed by atoms with Crippen molar-refractivity contribution in [2.24, 2.45) is 0 Å². The molecule has 0 unspecified atom stereocenters. The Kier molecular flexibility index (Phi) is 6.41. The van der Waals surface area contributed by atoms with Crippen molar-refractivity contribution < 1.29 is 18.1 Å². The fourth-order valence-corrected chi connectivity index (χ4v) is 6.23. The Hall–Kier alpha value is -3.15. The number of amides is 1. The first-order valence-corrected chi connectivity index (χ1v) is 14.5. The van der Waals surface area contributed by atoms with Gasteiger partial charge in [-0.15, -0.1) is 0 Å². The van der Waals surface area contributed by atoms with Crippen molar-refractivity contribution in [2.45, 2.75) is 18.3 Å². The van der Waals surface area contributed by atoms with E-state index in [2.05, 4.69) is 11.1 Å². The summed E-state index contributed by atoms with van der Waals surface area (Å²) in [6.45, 7) is 0.823. The molecule has 1 aromatic heterocycles. The first-order valence-electron chi connectivity index (χ1n) is 11.6. The molecule has 0 radical (unpaired) electrons. The molecule has 2 aliphatic rings. The number of sulfonamides is 1. The number of halogens is 1. The normalized spacial score (nSPS) is 17.4. The van der Waals surface area contributed by atoms with Gasteiger partial charge >= 0.3 is 0 Å². The minimum absolute atomic E-state index is 0.151. The van der Waals surface area contributed by atoms with Crippen molar-refractivity contribution in [3.8, 4) is 17.2 Å². The number of aromatic nitrogens is 1. The van der Waals surface area contributed by atoms with Gasteiger partial charge in [-0.3, -0.25) is 14.9 Å². The van der Waals surface area contributed by atoms with Crippen LogP contribution in [0.15, 0.2) is 42.6 Å². The number of hydrogen-bond acceptors (Lipinski definition) is 7. The quantitative estimate of drug-likeness (QED) is 0.238. The third-order valence-electron chi connectivity index (χ3n) is 7.03. The van der Waals surface area contributed by atoms with E-state index in [0.29, 0.717) is 20.1 Å². The molecule has 0 N–H and O–H groups in total. The van der Waals surface area contributed by atoms with Crippen LogP contribution >= 0.6 is 22.6 Å². The van der Waals surface area contributed by atoms with Crippen molar-refractivity contribution >= 4 is 55.1 Å². The zero-order chi connectivity index (χ0) is 26.5. The molecule has 1 aliphatic heterocycles. The number of carbonyl (C=O) groups is 1. The van der Waals surface area contributed by atoms with E-state index in [0.717, 1.165) is 24.7 Å². The highest BCUT2D eigenvalue weighted by atomic mass is 127. The summed E-state index contributed by atoms with van der Waals surface area (Å²) < 4.78 is 25.8. The van der Waals surface area contributed by atoms with Gasteiger partial charge in [-0.05, 0) is 52.6 Å². The molecule has 5 rings (SSSR count). The number of hydrogen-bond donors (Lipinski definition) is 0. The van der Waals surface area contributed by atoms with Crippen molar-refractivity contribution in [1.29, 1.82) is 5.26 Å². The minimum Gasteiger partial charge on any atom is -0.336 e. The van der Waals surface area contributed by atoms with Gasteiger partial charge < -0.3 is 4.90 Å². The molecule has 3 aromatic rings. The minimum atomic E-state index is -3.36. The Morgan fingerprint density at radius 1 is 1.16 bits per heavy atom. The summed E-state index contributed by atoms with van der Waals surface area (Å²) in [4.78, 5) is 30.9. The van der Waals surface area contributed by atoms with Gasteiger partial charge in [-0.2, -0.15) is 9.57 Å². The number of fused-ring (bicyclic) bond motifs is 1. The maximum Gasteiger partial charge on any atom is 0.296 e. The van der Waals surface area contributed by atoms with E-state index in [-0.39, 0.29) is 48.9 Å². The third-order valence-corrected chi connectivity index (χ3v) is 8.95. The van der Waals surface area contributed by atoms with E-state index in [1.807, 2.05) is 46.9 Å². The Balaban J connectivity index is 1.63. The third kappa shape index (κ3) is 4.67. The van der Waals surface area contributed by atoms with Crippen LogP contribution in [0.3, 0.4) is 0 Å². The molecule has 12 heteroatoms. The van der Waals surface area contributed by atoms with Gasteiger partial charge in [0.2, 0.25) is 10.0 Å². The van der Waals surface area contributed by atoms with Gasteiger partial charge in [0.15, 0.2) is 0 Å². The molecule has 37 heavy (non-hydrogen) atoms. The van der Waals surface area contributed by atoms with Crippen LogP contribution in [0, 0.1) is 25.0 Å². The van der Waals surface area contributed by atoms with Gasteiger partial charge in [-0.1, -0.05) is 24.3 Å². The number of nitro benzene ring substituents is 1. The number of benzene rings is 2. The molecule has 0 atom stereocenters. The van der Waals surface area contributed by atoms with Crippen LogP contribution < -0.4 is 0 Å². The fourth-order valence-electron chi connectivity index (χ4n) is 4.80. The van der Waals surface area contributed by atoms with Crippen molar-refractivity contribution in [2.75, 3.05) is 32.4 Å². The average molecular weight is 631 g/mol. The second kappa shape index (κ2) is 9.30. The van der Waals surface area contributed by atoms with E-state index in [9.17, 15) is 28.6 Å². The molecule has 10 nitrogen and oxygen atoms in total. The lowest BCUT2D eigenvalue weighted by Crippen LogP contribution is -2.50. The molecule has 1 saturated heterocycles. The maximum atomic E-state index is 13.7. The van der Waals surface area contributed by atoms with Gasteiger partial charge in [0.05, 0.1) is 28.2 Å². The molecule has 0 bridgehead atoms. The first-order chi connectivity index (χ1) is 17.5. The molecule has 190 valence electrons. The monoisotopic (exact) mass is 631 g/mol. The number of piperazine rings is 1. The summed E-state index contributed by atoms with van der Waals surface area (Å²) in [5, 5.41) is 21.8. The first kappa shape index (κ1) is 25.5. The lowest BCUT2D eigenvalue weighted by atomic mass is 9.91. The number of nitro groups is 1. The zero-order valence-electron chi connectivity index (χ0n) is 19.8. The molecular weight excluding hydrogens is 609 g/mol. The van der Waals surface area contributed by atoms with Crippen LogP contribution in [0.5, 0.6) is 0 Å². The van der Waals surface area contributed by atoms with E-state index >= 15 is 0 Å². The van der Waals surface area contributed by atoms with Crippen LogP contribution in [0.4, 0.5) is 5.69 Å². The van der Waals surface area contributed by atoms with Crippen molar-refractivity contribution in [1.82, 2.24) is 14.2 Å². The number of nitrogens with zero attached hydrogens (tertiary/aromatic N) is 5. The number of rotatable bonds is 5. The molecule has 2 heterocycles. The van der Waals surface area contributed by atoms with Gasteiger partial charge in [0, 0.05) is 53.0 Å². The van der Waals surface area contributed by atoms with E-state index in [1.165, 1.54) is 16.6 Å². The predicted molar refractivity (Wildman–Crippen MR) is 145 cm³/mol. The summed E-state index contributed by atoms with van der Waals surface area (Å²) in [5.41, 5.74) is 1.95. The Morgan fingerprint density at radius 3 is 2.35 bits per heavy atom. The highest BCUT2D eigenvalue weighted by Crippen LogP contribution is 2.48. The van der Waals surface area contributed by atoms with Crippen LogP contribution in [-0.2, 0) is 15.4 Å². The van der Waals surface area contributed by atoms with Crippen LogP contribution in [-0.4, -0.2) is 65.9 Å². The van der Waals surface area contributed by atoms with Crippen LogP contribution in [0.25, 0.3) is 22.0 Å². The molecule has 2 fully saturated rings. The van der Waals surface area contributed by atoms with Crippen LogP contribution in [0.1, 0.15) is 28.8 Å². The highest BCUT2D eigenvalue weighted by Gasteiger charge is 2.44. The molecule has 1 amide bonds. The molecule has 1 aliphatic carbocycles. The van der Waals surface area contributed by atoms with Crippen LogP contribution in [0.2, 0.25) is 0 Å². The molecule has 2 aromatic carbocycles. The number of carbonyl (C=O) groups excluding carboxylic acids is 1. The second-order valence-electron chi connectivity index (χ2n) is 9.35. The smallest absolute Gasteiger partial charge is 0.296 e. The lowest BCUT2D eigenvalue weighted by Gasteiger charge is -2.33. The Morgan fingerprint density at radius 2 is 1.81 bits per heavy atom. The summed E-state index contributed by atoms with van der Waals surface area (Å²) in [6, 6.07) is 13.0. The average Bonchev–Trinajstić information content (AvgIpc) is 3.68. The van der Waals surface area contributed by atoms with Gasteiger partial charge in [0.1, 0.15) is 5.52 Å². The predicted octanol–water partition coefficient (Wildman–Crippen LogP) is 3.69. The number of pyridine rings is 1. The van der Waals surface area contributed by atoms with Crippen molar-refractivity contribution in [3.63, 3.8) is 0 Å². The summed E-state index contributed by atoms with van der Waals surface area (Å²) in [6.07, 6.45) is 4.11. The summed E-state index contributed by atoms with van der Waals surface area (Å²) >= 11 is 2.01. The number of non-ortho nitro benzene ring substituents is 1. The molecule has 1 saturated carbocycles. The molecule has 0 spiro atoms. The van der Waals surface area contributed by atoms with E-state index in [4.69, 9.17) is 0 Å². The standard InChI is InChI=1S/C25H22IN5O5S/c1-37(35,36)30-10-8-29(9-11-30)24(32)20-14-28-23-19(12-18(26)13-21(23)31(33)34)22(20)16-2-4-17(5-3-16)25(15-27)6-7-25/h2-5,12-14H,6-11H2,1H3. The van der Waals surface area contributed by atoms with Gasteiger partial charge in [0.25, 0.3) is 11.6 Å². The fraction of sp³-hybridized carbons (Fsp3) is 0.320. The zero-order valence-corrected chi connectivity index (χ0v) is 22.8. The van der Waals surface area contributed by atoms with Crippen molar-refractivity contribution in [3.05, 3.63) is 67.4 Å². The van der Waals surface area contributed by atoms with E-state index < -0.39 is 20.4 Å². The maximum absolute atomic E-state index is 13.7. The Labute approximate surface area is 227 Å². The molecular formula is C25H22IN5O5S. The number of nitriles is 1. The van der Waals surface area contributed by atoms with E-state index in [1.54, 1.807) is 11.0 Å². The Bertz CT molecular complexity index is 1590. The SMILES string of the molecule is CS(=O)(=O)N1CCN(C(=O)c2cnc3c([N+](=O)[O-])cc(I)cc3c2-c2ccc(C3(C#N)CC3)cc2)CC1. The summed E-state index contributed by atoms with van der Waals surface area (Å²) in [7, 11) is -3.36.